The second-order valence-electron chi connectivity index (χ2n) is 11.6. The maximum Gasteiger partial charge on any atom is 0.221 e. The topological polar surface area (TPSA) is 119 Å². The fourth-order valence-electron chi connectivity index (χ4n) is 5.92. The first-order chi connectivity index (χ1) is 20.1. The Hall–Kier alpha value is -4.12. The number of hydrogen-bond acceptors (Lipinski definition) is 7. The van der Waals surface area contributed by atoms with E-state index in [1.807, 2.05) is 6.20 Å². The molecular weight excluding hydrogens is 540 g/mol. The smallest absolute Gasteiger partial charge is 0.221 e. The zero-order valence-corrected chi connectivity index (χ0v) is 24.2. The number of aliphatic hydroxyl groups excluding tert-OH is 1. The van der Waals surface area contributed by atoms with Gasteiger partial charge in [0.15, 0.2) is 0 Å². The Bertz CT molecular complexity index is 1590. The number of aromatic nitrogens is 6. The molecule has 4 aromatic rings. The third-order valence-electron chi connectivity index (χ3n) is 8.64. The van der Waals surface area contributed by atoms with Crippen molar-refractivity contribution in [1.29, 1.82) is 0 Å². The largest absolute Gasteiger partial charge is 0.395 e. The Balaban J connectivity index is 1.52. The summed E-state index contributed by atoms with van der Waals surface area (Å²) in [5.74, 6) is -1.40. The molecule has 0 aliphatic heterocycles. The molecule has 0 bridgehead atoms. The third-order valence-corrected chi connectivity index (χ3v) is 8.64. The molecule has 42 heavy (non-hydrogen) atoms. The van der Waals surface area contributed by atoms with Crippen molar-refractivity contribution >= 4 is 5.91 Å². The van der Waals surface area contributed by atoms with Crippen molar-refractivity contribution in [3.63, 3.8) is 0 Å². The first kappa shape index (κ1) is 29.4. The van der Waals surface area contributed by atoms with E-state index in [0.29, 0.717) is 17.9 Å². The average Bonchev–Trinajstić information content (AvgIpc) is 3.46. The monoisotopic (exact) mass is 575 g/mol. The summed E-state index contributed by atoms with van der Waals surface area (Å²) >= 11 is 0. The van der Waals surface area contributed by atoms with Gasteiger partial charge in [0, 0.05) is 37.5 Å². The van der Waals surface area contributed by atoms with Crippen LogP contribution in [0, 0.1) is 17.0 Å². The average molecular weight is 576 g/mol. The SMILES string of the molecule is CC[C@@H]1CC(C)(C)[C@@](C)(c2cncc(-c3cnn(CCC(=O)NCCO)c3)n2)c2nnc(-c3c(F)cccc3F)cc21. The predicted molar refractivity (Wildman–Crippen MR) is 153 cm³/mol. The number of carbonyl (C=O) groups is 1. The third kappa shape index (κ3) is 5.29. The summed E-state index contributed by atoms with van der Waals surface area (Å²) in [6.07, 6.45) is 8.78. The number of aliphatic hydroxyl groups is 1. The Morgan fingerprint density at radius 1 is 1.12 bits per heavy atom. The first-order valence-electron chi connectivity index (χ1n) is 14.1. The molecule has 1 aromatic carbocycles. The molecule has 0 spiro atoms. The Labute approximate surface area is 243 Å². The number of nitrogens with zero attached hydrogens (tertiary/aromatic N) is 6. The summed E-state index contributed by atoms with van der Waals surface area (Å²) in [6.45, 7) is 9.03. The van der Waals surface area contributed by atoms with E-state index < -0.39 is 17.0 Å². The second-order valence-corrected chi connectivity index (χ2v) is 11.6. The van der Waals surface area contributed by atoms with Crippen molar-refractivity contribution in [2.75, 3.05) is 13.2 Å². The van der Waals surface area contributed by atoms with Gasteiger partial charge in [-0.3, -0.25) is 14.5 Å². The maximum atomic E-state index is 14.7. The minimum absolute atomic E-state index is 0.108. The predicted octanol–water partition coefficient (Wildman–Crippen LogP) is 4.80. The van der Waals surface area contributed by atoms with Gasteiger partial charge in [-0.15, -0.1) is 5.10 Å². The normalized spacial score (nSPS) is 19.4. The lowest BCUT2D eigenvalue weighted by Gasteiger charge is -2.50. The molecule has 0 saturated heterocycles. The fraction of sp³-hybridized carbons (Fsp3) is 0.419. The zero-order valence-electron chi connectivity index (χ0n) is 24.2. The minimum Gasteiger partial charge on any atom is -0.395 e. The van der Waals surface area contributed by atoms with Crippen LogP contribution in [0.15, 0.2) is 49.1 Å². The Morgan fingerprint density at radius 3 is 2.60 bits per heavy atom. The summed E-state index contributed by atoms with van der Waals surface area (Å²) in [5, 5.41) is 24.9. The van der Waals surface area contributed by atoms with E-state index in [9.17, 15) is 13.6 Å². The molecule has 1 amide bonds. The van der Waals surface area contributed by atoms with Crippen LogP contribution in [0.4, 0.5) is 8.78 Å². The molecule has 5 rings (SSSR count). The van der Waals surface area contributed by atoms with Gasteiger partial charge in [-0.1, -0.05) is 26.8 Å². The maximum absolute atomic E-state index is 14.7. The minimum atomic E-state index is -0.711. The molecule has 9 nitrogen and oxygen atoms in total. The van der Waals surface area contributed by atoms with Gasteiger partial charge in [-0.2, -0.15) is 10.2 Å². The summed E-state index contributed by atoms with van der Waals surface area (Å²) in [7, 11) is 0. The van der Waals surface area contributed by atoms with E-state index in [1.165, 1.54) is 18.2 Å². The molecule has 1 aliphatic carbocycles. The molecule has 3 heterocycles. The number of halogens is 2. The molecule has 1 aliphatic rings. The number of benzene rings is 1. The number of aryl methyl sites for hydroxylation is 1. The van der Waals surface area contributed by atoms with Crippen LogP contribution in [0.3, 0.4) is 0 Å². The molecular formula is C31H35F2N7O2. The van der Waals surface area contributed by atoms with E-state index >= 15 is 0 Å². The van der Waals surface area contributed by atoms with E-state index in [1.54, 1.807) is 29.3 Å². The lowest BCUT2D eigenvalue weighted by atomic mass is 9.54. The lowest BCUT2D eigenvalue weighted by Crippen LogP contribution is -2.47. The standard InChI is InChI=1S/C31H35F2N7O2/c1-5-19-14-30(2,3)31(4,29-21(19)13-24(38-39-29)28-22(32)7-6-8-23(28)33)26-17-34-16-25(37-26)20-15-36-40(18-20)11-9-27(42)35-10-12-41/h6-8,13,15-19,41H,5,9-12,14H2,1-4H3,(H,35,42)/t19-,31+/m1/s1. The lowest BCUT2D eigenvalue weighted by molar-refractivity contribution is -0.121. The number of amides is 1. The Morgan fingerprint density at radius 2 is 1.88 bits per heavy atom. The molecule has 0 fully saturated rings. The van der Waals surface area contributed by atoms with Crippen molar-refractivity contribution in [2.45, 2.75) is 64.8 Å². The van der Waals surface area contributed by atoms with Gasteiger partial charge in [0.25, 0.3) is 0 Å². The zero-order chi connectivity index (χ0) is 30.1. The molecule has 2 N–H and O–H groups in total. The highest BCUT2D eigenvalue weighted by atomic mass is 19.1. The molecule has 0 unspecified atom stereocenters. The van der Waals surface area contributed by atoms with Crippen LogP contribution in [-0.2, 0) is 16.8 Å². The van der Waals surface area contributed by atoms with E-state index in [-0.39, 0.29) is 48.1 Å². The number of nitrogens with one attached hydrogen (secondary N) is 1. The summed E-state index contributed by atoms with van der Waals surface area (Å²) in [6, 6.07) is 5.56. The number of fused-ring (bicyclic) bond motifs is 1. The van der Waals surface area contributed by atoms with Crippen molar-refractivity contribution in [2.24, 2.45) is 5.41 Å². The van der Waals surface area contributed by atoms with Gasteiger partial charge in [-0.05, 0) is 54.9 Å². The van der Waals surface area contributed by atoms with Crippen LogP contribution in [0.1, 0.15) is 69.8 Å². The van der Waals surface area contributed by atoms with E-state index in [2.05, 4.69) is 53.3 Å². The molecule has 220 valence electrons. The summed E-state index contributed by atoms with van der Waals surface area (Å²) in [4.78, 5) is 21.5. The van der Waals surface area contributed by atoms with E-state index in [4.69, 9.17) is 10.1 Å². The summed E-state index contributed by atoms with van der Waals surface area (Å²) < 4.78 is 31.0. The van der Waals surface area contributed by atoms with Crippen LogP contribution in [0.25, 0.3) is 22.5 Å². The fourth-order valence-corrected chi connectivity index (χ4v) is 5.92. The summed E-state index contributed by atoms with van der Waals surface area (Å²) in [5.41, 5.74) is 2.68. The number of rotatable bonds is 9. The van der Waals surface area contributed by atoms with Gasteiger partial charge in [0.2, 0.25) is 5.91 Å². The number of carbonyl (C=O) groups excluding carboxylic acids is 1. The van der Waals surface area contributed by atoms with Gasteiger partial charge < -0.3 is 10.4 Å². The molecule has 0 saturated carbocycles. The molecule has 11 heteroatoms. The van der Waals surface area contributed by atoms with Gasteiger partial charge >= 0.3 is 0 Å². The van der Waals surface area contributed by atoms with Gasteiger partial charge in [-0.25, -0.2) is 13.8 Å². The first-order valence-corrected chi connectivity index (χ1v) is 14.1. The van der Waals surface area contributed by atoms with Crippen molar-refractivity contribution < 1.29 is 18.7 Å². The highest BCUT2D eigenvalue weighted by Crippen LogP contribution is 2.56. The van der Waals surface area contributed by atoms with Crippen molar-refractivity contribution in [3.05, 3.63) is 77.6 Å². The van der Waals surface area contributed by atoms with Crippen LogP contribution in [-0.4, -0.2) is 54.1 Å². The number of hydrogen-bond donors (Lipinski definition) is 2. The van der Waals surface area contributed by atoms with E-state index in [0.717, 1.165) is 29.7 Å². The quantitative estimate of drug-likeness (QED) is 0.294. The highest BCUT2D eigenvalue weighted by Gasteiger charge is 2.52. The molecule has 0 radical (unpaired) electrons. The Kier molecular flexibility index (Phi) is 8.14. The second kappa shape index (κ2) is 11.6. The van der Waals surface area contributed by atoms with Gasteiger partial charge in [0.05, 0.1) is 52.8 Å². The van der Waals surface area contributed by atoms with Crippen LogP contribution < -0.4 is 5.32 Å². The van der Waals surface area contributed by atoms with Crippen LogP contribution >= 0.6 is 0 Å². The highest BCUT2D eigenvalue weighted by molar-refractivity contribution is 5.75. The van der Waals surface area contributed by atoms with Crippen molar-refractivity contribution in [1.82, 2.24) is 35.3 Å². The molecule has 2 atom stereocenters. The van der Waals surface area contributed by atoms with Gasteiger partial charge in [0.1, 0.15) is 11.6 Å². The molecule has 3 aromatic heterocycles. The van der Waals surface area contributed by atoms with Crippen LogP contribution in [0.5, 0.6) is 0 Å². The van der Waals surface area contributed by atoms with Crippen LogP contribution in [0.2, 0.25) is 0 Å². The van der Waals surface area contributed by atoms with Crippen molar-refractivity contribution in [3.8, 4) is 22.5 Å².